The van der Waals surface area contributed by atoms with Crippen LogP contribution in [0.25, 0.3) is 0 Å². The van der Waals surface area contributed by atoms with Crippen LogP contribution < -0.4 is 0 Å². The highest BCUT2D eigenvalue weighted by molar-refractivity contribution is 7.97. The summed E-state index contributed by atoms with van der Waals surface area (Å²) in [5.74, 6) is 0. The Kier molecular flexibility index (Phi) is 19.2. The molecule has 1 nitrogen and oxygen atoms in total. The zero-order valence-corrected chi connectivity index (χ0v) is 8.84. The number of hydrogen-bond acceptors (Lipinski definition) is 2. The number of rotatable bonds is 3. The molecule has 0 fully saturated rings. The van der Waals surface area contributed by atoms with Crippen molar-refractivity contribution in [3.8, 4) is 0 Å². The molecule has 0 amide bonds. The van der Waals surface area contributed by atoms with Gasteiger partial charge < -0.3 is 0 Å². The molecule has 0 atom stereocenters. The summed E-state index contributed by atoms with van der Waals surface area (Å²) in [6, 6.07) is 0. The third-order valence-corrected chi connectivity index (χ3v) is 0.667. The van der Waals surface area contributed by atoms with Gasteiger partial charge in [-0.1, -0.05) is 24.8 Å². The second kappa shape index (κ2) is 16.7. The van der Waals surface area contributed by atoms with Gasteiger partial charge in [0.1, 0.15) is 0 Å². The molecule has 0 bridgehead atoms. The molecule has 0 unspecified atom stereocenters. The summed E-state index contributed by atoms with van der Waals surface area (Å²) in [5.41, 5.74) is 0. The second-order valence-corrected chi connectivity index (χ2v) is 2.63. The van der Waals surface area contributed by atoms with Crippen LogP contribution in [0.1, 0.15) is 6.92 Å². The quantitative estimate of drug-likeness (QED) is 0.483. The average Bonchev–Trinajstić information content (AvgIpc) is 2.06. The summed E-state index contributed by atoms with van der Waals surface area (Å²) in [6.45, 7) is 5.44. The number of nitrogens with zero attached hydrogens (tertiary/aromatic N) is 1. The standard InChI is InChI=1S/C8H11N.C2H6S/c1-3-5-6-8-9-7-4-2;1-3-2/h3-8H,2H2,1H3;1-2H3/b5-3-,8-6-,9-7?;. The first-order valence-corrected chi connectivity index (χ1v) is 5.28. The molecule has 0 saturated carbocycles. The Labute approximate surface area is 80.0 Å². The summed E-state index contributed by atoms with van der Waals surface area (Å²) in [5, 5.41) is 0. The van der Waals surface area contributed by atoms with Crippen molar-refractivity contribution in [1.29, 1.82) is 0 Å². The summed E-state index contributed by atoms with van der Waals surface area (Å²) < 4.78 is 0. The molecule has 0 aliphatic heterocycles. The van der Waals surface area contributed by atoms with E-state index in [4.69, 9.17) is 0 Å². The van der Waals surface area contributed by atoms with Crippen LogP contribution in [0.15, 0.2) is 42.1 Å². The van der Waals surface area contributed by atoms with E-state index in [1.807, 2.05) is 37.7 Å². The van der Waals surface area contributed by atoms with Gasteiger partial charge in [-0.05, 0) is 25.5 Å². The molecular formula is C10H17NS. The summed E-state index contributed by atoms with van der Waals surface area (Å²) in [6.07, 6.45) is 14.8. The number of hydrogen-bond donors (Lipinski definition) is 0. The van der Waals surface area contributed by atoms with Crippen molar-refractivity contribution in [3.63, 3.8) is 0 Å². The van der Waals surface area contributed by atoms with Gasteiger partial charge in [0.25, 0.3) is 0 Å². The summed E-state index contributed by atoms with van der Waals surface area (Å²) in [4.78, 5) is 3.85. The largest absolute Gasteiger partial charge is 0.265 e. The molecule has 0 rings (SSSR count). The van der Waals surface area contributed by atoms with Crippen molar-refractivity contribution in [2.75, 3.05) is 12.5 Å². The van der Waals surface area contributed by atoms with Gasteiger partial charge in [0.15, 0.2) is 0 Å². The lowest BCUT2D eigenvalue weighted by Crippen LogP contribution is -1.55. The molecule has 12 heavy (non-hydrogen) atoms. The number of allylic oxidation sites excluding steroid dienone is 4. The molecule has 0 spiro atoms. The predicted octanol–water partition coefficient (Wildman–Crippen LogP) is 3.31. The van der Waals surface area contributed by atoms with E-state index in [2.05, 4.69) is 11.6 Å². The maximum Gasteiger partial charge on any atom is 0.0267 e. The van der Waals surface area contributed by atoms with Crippen molar-refractivity contribution >= 4 is 18.0 Å². The molecule has 0 radical (unpaired) electrons. The van der Waals surface area contributed by atoms with Gasteiger partial charge in [-0.2, -0.15) is 11.8 Å². The SMILES string of the molecule is C=CC=N/C=C\C=C/C.CSC. The number of thioether (sulfide) groups is 1. The van der Waals surface area contributed by atoms with E-state index >= 15 is 0 Å². The van der Waals surface area contributed by atoms with Gasteiger partial charge in [0.2, 0.25) is 0 Å². The Hall–Kier alpha value is -0.760. The zero-order chi connectivity index (χ0) is 9.66. The fraction of sp³-hybridized carbons (Fsp3) is 0.300. The third-order valence-electron chi connectivity index (χ3n) is 0.667. The van der Waals surface area contributed by atoms with Crippen molar-refractivity contribution in [1.82, 2.24) is 0 Å². The van der Waals surface area contributed by atoms with E-state index in [-0.39, 0.29) is 0 Å². The fourth-order valence-electron chi connectivity index (χ4n) is 0.321. The van der Waals surface area contributed by atoms with Crippen LogP contribution in [0.4, 0.5) is 0 Å². The minimum atomic E-state index is 1.64. The number of aliphatic imine (C=N–C) groups is 1. The van der Waals surface area contributed by atoms with Gasteiger partial charge in [0.05, 0.1) is 0 Å². The predicted molar refractivity (Wildman–Crippen MR) is 62.1 cm³/mol. The Balaban J connectivity index is 0. The summed E-state index contributed by atoms with van der Waals surface area (Å²) in [7, 11) is 0. The third kappa shape index (κ3) is 22.8. The Bertz CT molecular complexity index is 157. The van der Waals surface area contributed by atoms with Gasteiger partial charge in [-0.3, -0.25) is 4.99 Å². The van der Waals surface area contributed by atoms with Crippen LogP contribution in [0.2, 0.25) is 0 Å². The molecule has 0 aromatic carbocycles. The van der Waals surface area contributed by atoms with Gasteiger partial charge in [0, 0.05) is 12.4 Å². The van der Waals surface area contributed by atoms with Crippen molar-refractivity contribution in [2.45, 2.75) is 6.92 Å². The van der Waals surface area contributed by atoms with E-state index in [1.165, 1.54) is 0 Å². The van der Waals surface area contributed by atoms with E-state index < -0.39 is 0 Å². The highest BCUT2D eigenvalue weighted by Crippen LogP contribution is 1.76. The summed E-state index contributed by atoms with van der Waals surface area (Å²) >= 11 is 1.75. The van der Waals surface area contributed by atoms with Crippen molar-refractivity contribution in [2.24, 2.45) is 4.99 Å². The van der Waals surface area contributed by atoms with Crippen LogP contribution in [-0.2, 0) is 0 Å². The minimum Gasteiger partial charge on any atom is -0.265 e. The van der Waals surface area contributed by atoms with Crippen LogP contribution in [0.5, 0.6) is 0 Å². The molecule has 2 heteroatoms. The molecule has 68 valence electrons. The monoisotopic (exact) mass is 183 g/mol. The van der Waals surface area contributed by atoms with Gasteiger partial charge in [-0.15, -0.1) is 0 Å². The lowest BCUT2D eigenvalue weighted by atomic mass is 10.5. The van der Waals surface area contributed by atoms with E-state index in [0.717, 1.165) is 0 Å². The van der Waals surface area contributed by atoms with Crippen LogP contribution in [0, 0.1) is 0 Å². The molecular weight excluding hydrogens is 166 g/mol. The fourth-order valence-corrected chi connectivity index (χ4v) is 0.321. The van der Waals surface area contributed by atoms with E-state index in [9.17, 15) is 0 Å². The maximum absolute atomic E-state index is 3.85. The molecule has 0 heterocycles. The van der Waals surface area contributed by atoms with Gasteiger partial charge in [-0.25, -0.2) is 0 Å². The molecule has 0 aromatic rings. The van der Waals surface area contributed by atoms with Crippen molar-refractivity contribution in [3.05, 3.63) is 37.1 Å². The van der Waals surface area contributed by atoms with E-state index in [0.29, 0.717) is 0 Å². The molecule has 0 aliphatic carbocycles. The minimum absolute atomic E-state index is 1.64. The second-order valence-electron chi connectivity index (χ2n) is 1.81. The molecule has 0 N–H and O–H groups in total. The van der Waals surface area contributed by atoms with Crippen LogP contribution in [0.3, 0.4) is 0 Å². The highest BCUT2D eigenvalue weighted by atomic mass is 32.2. The first kappa shape index (κ1) is 13.8. The molecule has 0 saturated heterocycles. The highest BCUT2D eigenvalue weighted by Gasteiger charge is 1.57. The topological polar surface area (TPSA) is 12.4 Å². The zero-order valence-electron chi connectivity index (χ0n) is 8.03. The van der Waals surface area contributed by atoms with E-state index in [1.54, 1.807) is 30.3 Å². The Morgan fingerprint density at radius 1 is 1.25 bits per heavy atom. The molecule has 0 aromatic heterocycles. The lowest BCUT2D eigenvalue weighted by molar-refractivity contribution is 1.59. The Morgan fingerprint density at radius 2 is 1.83 bits per heavy atom. The van der Waals surface area contributed by atoms with Crippen LogP contribution in [-0.4, -0.2) is 18.7 Å². The lowest BCUT2D eigenvalue weighted by Gasteiger charge is -1.70. The molecule has 0 aliphatic rings. The first-order chi connectivity index (χ1) is 5.83. The Morgan fingerprint density at radius 3 is 2.25 bits per heavy atom. The maximum atomic E-state index is 3.85. The van der Waals surface area contributed by atoms with Crippen LogP contribution >= 0.6 is 11.8 Å². The average molecular weight is 183 g/mol. The normalized spacial score (nSPS) is 10.6. The van der Waals surface area contributed by atoms with Crippen molar-refractivity contribution < 1.29 is 0 Å². The smallest absolute Gasteiger partial charge is 0.0267 e. The van der Waals surface area contributed by atoms with Gasteiger partial charge >= 0.3 is 0 Å². The first-order valence-electron chi connectivity index (χ1n) is 3.65.